The molecule has 1 fully saturated rings. The Labute approximate surface area is 128 Å². The van der Waals surface area contributed by atoms with Crippen molar-refractivity contribution in [3.05, 3.63) is 11.9 Å². The lowest BCUT2D eigenvalue weighted by atomic mass is 9.89. The van der Waals surface area contributed by atoms with E-state index in [4.69, 9.17) is 0 Å². The molecule has 2 heterocycles. The molecule has 0 radical (unpaired) electrons. The highest BCUT2D eigenvalue weighted by molar-refractivity contribution is 4.98. The summed E-state index contributed by atoms with van der Waals surface area (Å²) in [5.74, 6) is -0.772. The van der Waals surface area contributed by atoms with Crippen LogP contribution in [-0.2, 0) is 12.1 Å². The van der Waals surface area contributed by atoms with Gasteiger partial charge < -0.3 is 5.11 Å². The highest BCUT2D eigenvalue weighted by Gasteiger charge is 2.49. The van der Waals surface area contributed by atoms with Crippen LogP contribution in [0.3, 0.4) is 0 Å². The Morgan fingerprint density at radius 1 is 1.32 bits per heavy atom. The molecule has 8 heteroatoms. The number of likely N-dealkylation sites (tertiary alicyclic amines) is 1. The first-order valence-electron chi connectivity index (χ1n) is 7.46. The molecule has 2 rings (SSSR count). The summed E-state index contributed by atoms with van der Waals surface area (Å²) in [6.07, 6.45) is -1.62. The van der Waals surface area contributed by atoms with E-state index in [0.29, 0.717) is 25.1 Å². The molecule has 0 bridgehead atoms. The van der Waals surface area contributed by atoms with Crippen LogP contribution in [0.4, 0.5) is 13.2 Å². The molecule has 22 heavy (non-hydrogen) atoms. The van der Waals surface area contributed by atoms with Crippen molar-refractivity contribution < 1.29 is 18.3 Å². The minimum atomic E-state index is -4.35. The first kappa shape index (κ1) is 17.2. The Kier molecular flexibility index (Phi) is 4.81. The molecule has 0 amide bonds. The van der Waals surface area contributed by atoms with Crippen LogP contribution in [0.5, 0.6) is 0 Å². The lowest BCUT2D eigenvalue weighted by molar-refractivity contribution is -0.211. The summed E-state index contributed by atoms with van der Waals surface area (Å²) in [6, 6.07) is -1.62. The van der Waals surface area contributed by atoms with Crippen molar-refractivity contribution in [3.8, 4) is 0 Å². The molecule has 0 spiro atoms. The van der Waals surface area contributed by atoms with Crippen LogP contribution in [0.25, 0.3) is 0 Å². The third-order valence-electron chi connectivity index (χ3n) is 4.02. The van der Waals surface area contributed by atoms with E-state index in [2.05, 4.69) is 10.3 Å². The molecule has 1 saturated heterocycles. The normalized spacial score (nSPS) is 24.7. The highest BCUT2D eigenvalue weighted by Crippen LogP contribution is 2.36. The molecule has 1 N–H and O–H groups in total. The summed E-state index contributed by atoms with van der Waals surface area (Å²) < 4.78 is 41.6. The van der Waals surface area contributed by atoms with Crippen molar-refractivity contribution in [1.29, 1.82) is 0 Å². The van der Waals surface area contributed by atoms with Crippen molar-refractivity contribution in [2.45, 2.75) is 57.9 Å². The van der Waals surface area contributed by atoms with Crippen LogP contribution in [-0.4, -0.2) is 50.4 Å². The smallest absolute Gasteiger partial charge is 0.396 e. The zero-order valence-electron chi connectivity index (χ0n) is 13.1. The number of aliphatic hydroxyl groups is 1. The van der Waals surface area contributed by atoms with Crippen LogP contribution in [0.15, 0.2) is 6.20 Å². The van der Waals surface area contributed by atoms with E-state index in [1.807, 2.05) is 20.8 Å². The summed E-state index contributed by atoms with van der Waals surface area (Å²) >= 11 is 0. The molecule has 0 saturated carbocycles. The van der Waals surface area contributed by atoms with E-state index in [0.717, 1.165) is 0 Å². The fraction of sp³-hybridized carbons (Fsp3) is 0.857. The van der Waals surface area contributed by atoms with Gasteiger partial charge in [0, 0.05) is 19.1 Å². The topological polar surface area (TPSA) is 54.2 Å². The molecule has 5 nitrogen and oxygen atoms in total. The van der Waals surface area contributed by atoms with Crippen LogP contribution in [0, 0.1) is 5.92 Å². The van der Waals surface area contributed by atoms with Gasteiger partial charge in [-0.1, -0.05) is 5.21 Å². The molecule has 1 aromatic heterocycles. The number of alkyl halides is 3. The predicted octanol–water partition coefficient (Wildman–Crippen LogP) is 2.17. The minimum Gasteiger partial charge on any atom is -0.396 e. The second-order valence-corrected chi connectivity index (χ2v) is 6.87. The summed E-state index contributed by atoms with van der Waals surface area (Å²) in [5, 5.41) is 17.2. The van der Waals surface area contributed by atoms with Crippen molar-refractivity contribution in [3.63, 3.8) is 0 Å². The number of hydrogen-bond acceptors (Lipinski definition) is 4. The van der Waals surface area contributed by atoms with Gasteiger partial charge in [-0.2, -0.15) is 13.2 Å². The second-order valence-electron chi connectivity index (χ2n) is 6.87. The van der Waals surface area contributed by atoms with E-state index in [1.54, 1.807) is 10.9 Å². The number of nitrogens with zero attached hydrogens (tertiary/aromatic N) is 4. The Bertz CT molecular complexity index is 495. The molecule has 0 aromatic carbocycles. The van der Waals surface area contributed by atoms with Gasteiger partial charge in [-0.25, -0.2) is 4.68 Å². The lowest BCUT2D eigenvalue weighted by Gasteiger charge is -2.41. The lowest BCUT2D eigenvalue weighted by Crippen LogP contribution is -2.54. The van der Waals surface area contributed by atoms with Gasteiger partial charge in [0.25, 0.3) is 0 Å². The maximum absolute atomic E-state index is 13.3. The van der Waals surface area contributed by atoms with Crippen LogP contribution < -0.4 is 0 Å². The molecular weight excluding hydrogens is 297 g/mol. The largest absolute Gasteiger partial charge is 0.404 e. The van der Waals surface area contributed by atoms with E-state index >= 15 is 0 Å². The van der Waals surface area contributed by atoms with Crippen LogP contribution >= 0.6 is 0 Å². The molecule has 0 unspecified atom stereocenters. The first-order valence-corrected chi connectivity index (χ1v) is 7.46. The van der Waals surface area contributed by atoms with Gasteiger partial charge >= 0.3 is 6.18 Å². The molecule has 0 aliphatic carbocycles. The van der Waals surface area contributed by atoms with Crippen molar-refractivity contribution in [1.82, 2.24) is 19.9 Å². The van der Waals surface area contributed by atoms with Gasteiger partial charge in [0.15, 0.2) is 0 Å². The maximum Gasteiger partial charge on any atom is 0.404 e. The average Bonchev–Trinajstić information content (AvgIpc) is 2.85. The van der Waals surface area contributed by atoms with Crippen molar-refractivity contribution >= 4 is 0 Å². The number of piperidine rings is 1. The fourth-order valence-corrected chi connectivity index (χ4v) is 2.90. The van der Waals surface area contributed by atoms with E-state index < -0.39 is 24.7 Å². The summed E-state index contributed by atoms with van der Waals surface area (Å²) in [6.45, 7) is 5.85. The van der Waals surface area contributed by atoms with E-state index in [9.17, 15) is 18.3 Å². The maximum atomic E-state index is 13.3. The number of aromatic nitrogens is 3. The van der Waals surface area contributed by atoms with Gasteiger partial charge in [0.05, 0.1) is 17.4 Å². The monoisotopic (exact) mass is 320 g/mol. The number of aliphatic hydroxyl groups excluding tert-OH is 1. The standard InChI is InChI=1S/C14H23F3N4O/c1-13(2,3)21-8-11(18-19-21)7-20-6-4-5-10(9-22)12(20)14(15,16)17/h8,10,12,22H,4-7,9H2,1-3H3/t10-,12-/m0/s1. The summed E-state index contributed by atoms with van der Waals surface area (Å²) in [5.41, 5.74) is 0.257. The van der Waals surface area contributed by atoms with Crippen LogP contribution in [0.2, 0.25) is 0 Å². The fourth-order valence-electron chi connectivity index (χ4n) is 2.90. The van der Waals surface area contributed by atoms with E-state index in [1.165, 1.54) is 4.90 Å². The number of hydrogen-bond donors (Lipinski definition) is 1. The number of rotatable bonds is 3. The molecule has 1 aromatic rings. The summed E-state index contributed by atoms with van der Waals surface area (Å²) in [4.78, 5) is 1.36. The van der Waals surface area contributed by atoms with Gasteiger partial charge in [-0.3, -0.25) is 4.90 Å². The second kappa shape index (κ2) is 6.16. The zero-order chi connectivity index (χ0) is 16.5. The van der Waals surface area contributed by atoms with Gasteiger partial charge in [-0.15, -0.1) is 5.10 Å². The van der Waals surface area contributed by atoms with Gasteiger partial charge in [0.1, 0.15) is 6.04 Å². The average molecular weight is 320 g/mol. The Balaban J connectivity index is 2.17. The van der Waals surface area contributed by atoms with Crippen molar-refractivity contribution in [2.24, 2.45) is 5.92 Å². The minimum absolute atomic E-state index is 0.0940. The zero-order valence-corrected chi connectivity index (χ0v) is 13.1. The Hall–Kier alpha value is -1.15. The predicted molar refractivity (Wildman–Crippen MR) is 75.1 cm³/mol. The van der Waals surface area contributed by atoms with Gasteiger partial charge in [0.2, 0.25) is 0 Å². The van der Waals surface area contributed by atoms with Crippen molar-refractivity contribution in [2.75, 3.05) is 13.2 Å². The molecular formula is C14H23F3N4O. The van der Waals surface area contributed by atoms with E-state index in [-0.39, 0.29) is 12.1 Å². The SMILES string of the molecule is CC(C)(C)n1cc(CN2CCC[C@@H](CO)[C@H]2C(F)(F)F)nn1. The van der Waals surface area contributed by atoms with Crippen LogP contribution in [0.1, 0.15) is 39.3 Å². The summed E-state index contributed by atoms with van der Waals surface area (Å²) in [7, 11) is 0. The molecule has 1 aliphatic heterocycles. The first-order chi connectivity index (χ1) is 10.1. The quantitative estimate of drug-likeness (QED) is 0.927. The Morgan fingerprint density at radius 3 is 2.50 bits per heavy atom. The Morgan fingerprint density at radius 2 is 2.00 bits per heavy atom. The van der Waals surface area contributed by atoms with Gasteiger partial charge in [-0.05, 0) is 40.2 Å². The molecule has 2 atom stereocenters. The highest BCUT2D eigenvalue weighted by atomic mass is 19.4. The molecule has 126 valence electrons. The third-order valence-corrected chi connectivity index (χ3v) is 4.02. The third kappa shape index (κ3) is 3.78. The molecule has 1 aliphatic rings. The number of halogens is 3.